The second-order valence-electron chi connectivity index (χ2n) is 4.07. The number of hydrogen-bond donors (Lipinski definition) is 0. The van der Waals surface area contributed by atoms with Gasteiger partial charge in [0.05, 0.1) is 0 Å². The van der Waals surface area contributed by atoms with Crippen molar-refractivity contribution >= 4 is 12.0 Å². The van der Waals surface area contributed by atoms with Gasteiger partial charge in [0, 0.05) is 11.5 Å². The molecule has 0 spiro atoms. The van der Waals surface area contributed by atoms with Crippen molar-refractivity contribution in [3.8, 4) is 0 Å². The number of azide groups is 1. The number of nitrogens with zero attached hydrogens (tertiary/aromatic N) is 4. The highest BCUT2D eigenvalue weighted by Gasteiger charge is 2.09. The van der Waals surface area contributed by atoms with Gasteiger partial charge in [-0.3, -0.25) is 0 Å². The van der Waals surface area contributed by atoms with E-state index >= 15 is 0 Å². The molecule has 0 N–H and O–H groups in total. The van der Waals surface area contributed by atoms with Gasteiger partial charge in [-0.05, 0) is 31.3 Å². The molecule has 0 unspecified atom stereocenters. The van der Waals surface area contributed by atoms with Gasteiger partial charge in [-0.2, -0.15) is 0 Å². The van der Waals surface area contributed by atoms with Crippen LogP contribution in [0.25, 0.3) is 16.5 Å². The Balaban J connectivity index is 2.75. The van der Waals surface area contributed by atoms with E-state index in [0.29, 0.717) is 6.54 Å². The Morgan fingerprint density at radius 1 is 1.42 bits per heavy atom. The minimum absolute atomic E-state index is 0.0487. The Kier molecular flexibility index (Phi) is 6.15. The number of carbonyl (C=O) groups is 1. The van der Waals surface area contributed by atoms with Gasteiger partial charge in [-0.15, -0.1) is 0 Å². The van der Waals surface area contributed by atoms with E-state index in [-0.39, 0.29) is 12.3 Å². The smallest absolute Gasteiger partial charge is 0.340 e. The van der Waals surface area contributed by atoms with E-state index in [1.165, 1.54) is 6.08 Å². The lowest BCUT2D eigenvalue weighted by Gasteiger charge is -2.09. The number of hydrogen-bond acceptors (Lipinski definition) is 4. The van der Waals surface area contributed by atoms with Gasteiger partial charge in [0.15, 0.2) is 0 Å². The van der Waals surface area contributed by atoms with Crippen LogP contribution in [0.5, 0.6) is 0 Å². The maximum atomic E-state index is 11.7. The van der Waals surface area contributed by atoms with Crippen LogP contribution in [0.4, 0.5) is 0 Å². The Morgan fingerprint density at radius 2 is 2.11 bits per heavy atom. The number of ether oxygens (including phenoxy) is 1. The molecule has 0 aromatic heterocycles. The van der Waals surface area contributed by atoms with Gasteiger partial charge in [-0.1, -0.05) is 35.4 Å². The van der Waals surface area contributed by atoms with Crippen molar-refractivity contribution in [2.24, 2.45) is 5.11 Å². The number of esters is 1. The second-order valence-corrected chi connectivity index (χ2v) is 4.07. The highest BCUT2D eigenvalue weighted by Crippen LogP contribution is 2.09. The molecule has 0 aliphatic rings. The van der Waals surface area contributed by atoms with E-state index in [9.17, 15) is 4.79 Å². The first-order valence-corrected chi connectivity index (χ1v) is 5.77. The lowest BCUT2D eigenvalue weighted by Crippen LogP contribution is -2.20. The summed E-state index contributed by atoms with van der Waals surface area (Å²) in [5.41, 5.74) is 9.20. The first kappa shape index (κ1) is 14.8. The summed E-state index contributed by atoms with van der Waals surface area (Å²) < 4.78 is 5.03. The molecule has 0 amide bonds. The quantitative estimate of drug-likeness (QED) is 0.259. The van der Waals surface area contributed by atoms with E-state index in [0.717, 1.165) is 5.56 Å². The Hall–Kier alpha value is -2.30. The van der Waals surface area contributed by atoms with E-state index in [4.69, 9.17) is 10.3 Å². The van der Waals surface area contributed by atoms with Crippen molar-refractivity contribution < 1.29 is 9.53 Å². The molecule has 1 aromatic carbocycles. The predicted molar refractivity (Wildman–Crippen MR) is 73.1 cm³/mol. The molecule has 1 aromatic rings. The minimum Gasteiger partial charge on any atom is -0.461 e. The third kappa shape index (κ3) is 5.72. The number of carbonyl (C=O) groups excluding carboxylic acids is 1. The van der Waals surface area contributed by atoms with Crippen molar-refractivity contribution in [3.63, 3.8) is 0 Å². The van der Waals surface area contributed by atoms with Crippen LogP contribution in [0.2, 0.25) is 0 Å². The minimum atomic E-state index is -0.622. The SMILES string of the molecule is CN(C)CCOC(=O)C(=Cc1ccccc1)N=[N+]=[N-]. The fourth-order valence-corrected chi connectivity index (χ4v) is 1.28. The Bertz CT molecular complexity index is 491. The molecule has 0 fully saturated rings. The highest BCUT2D eigenvalue weighted by atomic mass is 16.5. The second kappa shape index (κ2) is 7.92. The standard InChI is InChI=1S/C13H16N4O2/c1-17(2)8-9-19-13(18)12(15-16-14)10-11-6-4-3-5-7-11/h3-7,10H,8-9H2,1-2H3. The van der Waals surface area contributed by atoms with Crippen LogP contribution < -0.4 is 0 Å². The van der Waals surface area contributed by atoms with Crippen LogP contribution in [0.15, 0.2) is 41.1 Å². The van der Waals surface area contributed by atoms with Gasteiger partial charge in [-0.25, -0.2) is 4.79 Å². The van der Waals surface area contributed by atoms with Gasteiger partial charge in [0.2, 0.25) is 0 Å². The molecule has 6 heteroatoms. The summed E-state index contributed by atoms with van der Waals surface area (Å²) >= 11 is 0. The average Bonchev–Trinajstić information content (AvgIpc) is 2.39. The molecule has 0 saturated carbocycles. The molecule has 0 radical (unpaired) electrons. The van der Waals surface area contributed by atoms with Crippen LogP contribution >= 0.6 is 0 Å². The topological polar surface area (TPSA) is 78.3 Å². The monoisotopic (exact) mass is 260 g/mol. The maximum Gasteiger partial charge on any atom is 0.340 e. The molecular weight excluding hydrogens is 244 g/mol. The summed E-state index contributed by atoms with van der Waals surface area (Å²) in [4.78, 5) is 16.3. The molecule has 0 atom stereocenters. The summed E-state index contributed by atoms with van der Waals surface area (Å²) in [5, 5.41) is 3.37. The van der Waals surface area contributed by atoms with Crippen molar-refractivity contribution in [2.45, 2.75) is 0 Å². The van der Waals surface area contributed by atoms with Crippen LogP contribution in [0.1, 0.15) is 5.56 Å². The predicted octanol–water partition coefficient (Wildman–Crippen LogP) is 2.44. The van der Waals surface area contributed by atoms with Gasteiger partial charge in [0.1, 0.15) is 12.3 Å². The molecule has 6 nitrogen and oxygen atoms in total. The summed E-state index contributed by atoms with van der Waals surface area (Å²) in [7, 11) is 3.75. The zero-order valence-corrected chi connectivity index (χ0v) is 11.0. The van der Waals surface area contributed by atoms with Crippen molar-refractivity contribution in [3.05, 3.63) is 52.0 Å². The first-order valence-electron chi connectivity index (χ1n) is 5.77. The fourth-order valence-electron chi connectivity index (χ4n) is 1.28. The summed E-state index contributed by atoms with van der Waals surface area (Å²) in [6.45, 7) is 0.861. The highest BCUT2D eigenvalue weighted by molar-refractivity contribution is 5.93. The van der Waals surface area contributed by atoms with E-state index < -0.39 is 5.97 Å². The van der Waals surface area contributed by atoms with Crippen molar-refractivity contribution in [2.75, 3.05) is 27.2 Å². The average molecular weight is 260 g/mol. The van der Waals surface area contributed by atoms with E-state index in [1.807, 2.05) is 37.2 Å². The third-order valence-electron chi connectivity index (χ3n) is 2.24. The Morgan fingerprint density at radius 3 is 2.68 bits per heavy atom. The molecule has 1 rings (SSSR count). The molecule has 0 heterocycles. The van der Waals surface area contributed by atoms with Crippen LogP contribution in [0.3, 0.4) is 0 Å². The maximum absolute atomic E-state index is 11.7. The molecular formula is C13H16N4O2. The van der Waals surface area contributed by atoms with Gasteiger partial charge < -0.3 is 9.64 Å². The molecule has 19 heavy (non-hydrogen) atoms. The first-order chi connectivity index (χ1) is 9.13. The lowest BCUT2D eigenvalue weighted by molar-refractivity contribution is -0.139. The van der Waals surface area contributed by atoms with Crippen molar-refractivity contribution in [1.29, 1.82) is 0 Å². The molecule has 100 valence electrons. The van der Waals surface area contributed by atoms with Crippen LogP contribution in [-0.4, -0.2) is 38.1 Å². The molecule has 0 aliphatic heterocycles. The van der Waals surface area contributed by atoms with E-state index in [1.54, 1.807) is 12.1 Å². The van der Waals surface area contributed by atoms with Crippen LogP contribution in [-0.2, 0) is 9.53 Å². The largest absolute Gasteiger partial charge is 0.461 e. The molecule has 0 bridgehead atoms. The number of benzene rings is 1. The third-order valence-corrected chi connectivity index (χ3v) is 2.24. The summed E-state index contributed by atoms with van der Waals surface area (Å²) in [6, 6.07) is 9.13. The van der Waals surface area contributed by atoms with Crippen molar-refractivity contribution in [1.82, 2.24) is 4.90 Å². The Labute approximate surface area is 111 Å². The fraction of sp³-hybridized carbons (Fsp3) is 0.308. The molecule has 0 saturated heterocycles. The zero-order chi connectivity index (χ0) is 14.1. The zero-order valence-electron chi connectivity index (χ0n) is 11.0. The lowest BCUT2D eigenvalue weighted by atomic mass is 10.2. The van der Waals surface area contributed by atoms with E-state index in [2.05, 4.69) is 10.0 Å². The normalized spacial score (nSPS) is 11.0. The number of rotatable bonds is 6. The van der Waals surface area contributed by atoms with Gasteiger partial charge in [0.25, 0.3) is 0 Å². The summed E-state index contributed by atoms with van der Waals surface area (Å²) in [5.74, 6) is -0.622. The number of likely N-dealkylation sites (N-methyl/N-ethyl adjacent to an activating group) is 1. The van der Waals surface area contributed by atoms with Crippen LogP contribution in [0, 0.1) is 0 Å². The summed E-state index contributed by atoms with van der Waals surface area (Å²) in [6.07, 6.45) is 1.50. The molecule has 0 aliphatic carbocycles. The van der Waals surface area contributed by atoms with Gasteiger partial charge >= 0.3 is 5.97 Å².